The molecule has 118 valence electrons. The van der Waals surface area contributed by atoms with Crippen molar-refractivity contribution in [3.8, 4) is 0 Å². The Morgan fingerprint density at radius 2 is 2.10 bits per heavy atom. The van der Waals surface area contributed by atoms with Crippen LogP contribution in [0.1, 0.15) is 52.1 Å². The molecule has 0 N–H and O–H groups in total. The van der Waals surface area contributed by atoms with Crippen LogP contribution in [0, 0.1) is 5.92 Å². The lowest BCUT2D eigenvalue weighted by Crippen LogP contribution is -2.40. The molecule has 4 nitrogen and oxygen atoms in total. The fourth-order valence-electron chi connectivity index (χ4n) is 2.51. The number of carbonyl (C=O) groups is 1. The molecule has 0 aliphatic carbocycles. The number of unbranched alkanes of at least 4 members (excludes halogenated alkanes) is 1. The summed E-state index contributed by atoms with van der Waals surface area (Å²) in [6.07, 6.45) is 5.23. The first-order valence-corrected chi connectivity index (χ1v) is 7.77. The molecule has 1 amide bonds. The van der Waals surface area contributed by atoms with Crippen molar-refractivity contribution in [2.75, 3.05) is 13.7 Å². The lowest BCUT2D eigenvalue weighted by molar-refractivity contribution is -0.144. The third-order valence-corrected chi connectivity index (χ3v) is 3.64. The Kier molecular flexibility index (Phi) is 7.37. The molecule has 0 aromatic carbocycles. The van der Waals surface area contributed by atoms with E-state index in [1.54, 1.807) is 11.1 Å². The number of carbonyl (C=O) groups excluding carboxylic acids is 1. The van der Waals surface area contributed by atoms with Crippen molar-refractivity contribution in [3.05, 3.63) is 30.1 Å². The fourth-order valence-corrected chi connectivity index (χ4v) is 2.51. The number of rotatable bonds is 8. The van der Waals surface area contributed by atoms with E-state index in [2.05, 4.69) is 25.8 Å². The maximum atomic E-state index is 12.5. The van der Waals surface area contributed by atoms with Crippen LogP contribution in [0.15, 0.2) is 24.5 Å². The van der Waals surface area contributed by atoms with Gasteiger partial charge in [-0.1, -0.05) is 33.3 Å². The van der Waals surface area contributed by atoms with E-state index in [0.29, 0.717) is 12.5 Å². The molecule has 0 aliphatic rings. The molecule has 0 saturated heterocycles. The van der Waals surface area contributed by atoms with Crippen molar-refractivity contribution in [1.82, 2.24) is 9.88 Å². The van der Waals surface area contributed by atoms with Gasteiger partial charge < -0.3 is 9.64 Å². The molecule has 0 radical (unpaired) electrons. The third kappa shape index (κ3) is 5.12. The first-order valence-electron chi connectivity index (χ1n) is 7.77. The normalized spacial score (nSPS) is 14.0. The summed E-state index contributed by atoms with van der Waals surface area (Å²) in [4.78, 5) is 18.5. The quantitative estimate of drug-likeness (QED) is 0.689. The Bertz CT molecular complexity index is 420. The minimum atomic E-state index is -0.403. The van der Waals surface area contributed by atoms with Crippen molar-refractivity contribution in [2.45, 2.75) is 52.7 Å². The minimum absolute atomic E-state index is 0.0171. The van der Waals surface area contributed by atoms with E-state index in [4.69, 9.17) is 4.74 Å². The van der Waals surface area contributed by atoms with E-state index in [-0.39, 0.29) is 11.9 Å². The van der Waals surface area contributed by atoms with Gasteiger partial charge in [-0.15, -0.1) is 0 Å². The number of aromatic nitrogens is 1. The first kappa shape index (κ1) is 17.6. The zero-order valence-electron chi connectivity index (χ0n) is 13.9. The Morgan fingerprint density at radius 3 is 2.62 bits per heavy atom. The molecule has 0 bridgehead atoms. The second-order valence-corrected chi connectivity index (χ2v) is 5.79. The van der Waals surface area contributed by atoms with Gasteiger partial charge in [-0.3, -0.25) is 9.78 Å². The van der Waals surface area contributed by atoms with Crippen LogP contribution in [0.5, 0.6) is 0 Å². The number of amides is 1. The molecule has 0 aliphatic heterocycles. The van der Waals surface area contributed by atoms with Crippen LogP contribution in [-0.2, 0) is 9.53 Å². The van der Waals surface area contributed by atoms with Crippen molar-refractivity contribution in [1.29, 1.82) is 0 Å². The number of hydrogen-bond donors (Lipinski definition) is 0. The topological polar surface area (TPSA) is 42.4 Å². The molecule has 21 heavy (non-hydrogen) atoms. The van der Waals surface area contributed by atoms with Gasteiger partial charge in [-0.25, -0.2) is 0 Å². The highest BCUT2D eigenvalue weighted by Crippen LogP contribution is 2.27. The Morgan fingerprint density at radius 1 is 1.38 bits per heavy atom. The standard InChI is InChI=1S/C17H28N2O2/c1-6-7-11-21-14(4)17(20)19(5)16(13(2)3)15-9-8-10-18-12-15/h8-10,12-14,16H,6-7,11H2,1-5H3. The maximum absolute atomic E-state index is 12.5. The molecule has 1 aromatic rings. The minimum Gasteiger partial charge on any atom is -0.369 e. The average molecular weight is 292 g/mol. The summed E-state index contributed by atoms with van der Waals surface area (Å²) < 4.78 is 5.62. The monoisotopic (exact) mass is 292 g/mol. The molecule has 4 heteroatoms. The Labute approximate surface area is 128 Å². The summed E-state index contributed by atoms with van der Waals surface area (Å²) >= 11 is 0. The Balaban J connectivity index is 2.77. The van der Waals surface area contributed by atoms with Crippen LogP contribution in [0.4, 0.5) is 0 Å². The molecule has 1 heterocycles. The van der Waals surface area contributed by atoms with E-state index < -0.39 is 6.10 Å². The molecule has 0 saturated carbocycles. The van der Waals surface area contributed by atoms with E-state index in [1.807, 2.05) is 32.3 Å². The van der Waals surface area contributed by atoms with Crippen LogP contribution in [0.2, 0.25) is 0 Å². The van der Waals surface area contributed by atoms with E-state index in [0.717, 1.165) is 18.4 Å². The second-order valence-electron chi connectivity index (χ2n) is 5.79. The third-order valence-electron chi connectivity index (χ3n) is 3.64. The summed E-state index contributed by atoms with van der Waals surface area (Å²) in [5, 5.41) is 0. The molecular formula is C17H28N2O2. The van der Waals surface area contributed by atoms with Crippen LogP contribution in [-0.4, -0.2) is 35.5 Å². The molecule has 1 rings (SSSR count). The molecule has 1 aromatic heterocycles. The van der Waals surface area contributed by atoms with Gasteiger partial charge >= 0.3 is 0 Å². The van der Waals surface area contributed by atoms with Crippen LogP contribution in [0.25, 0.3) is 0 Å². The molecule has 2 atom stereocenters. The van der Waals surface area contributed by atoms with Gasteiger partial charge in [0.25, 0.3) is 5.91 Å². The van der Waals surface area contributed by atoms with E-state index in [1.165, 1.54) is 0 Å². The first-order chi connectivity index (χ1) is 9.99. The number of likely N-dealkylation sites (N-methyl/N-ethyl adjacent to an activating group) is 1. The van der Waals surface area contributed by atoms with Gasteiger partial charge in [-0.05, 0) is 30.9 Å². The van der Waals surface area contributed by atoms with Crippen molar-refractivity contribution in [2.24, 2.45) is 5.92 Å². The second kappa shape index (κ2) is 8.78. The summed E-state index contributed by atoms with van der Waals surface area (Å²) in [6, 6.07) is 3.94. The van der Waals surface area contributed by atoms with Gasteiger partial charge in [0.15, 0.2) is 0 Å². The highest BCUT2D eigenvalue weighted by atomic mass is 16.5. The molecule has 0 spiro atoms. The summed E-state index contributed by atoms with van der Waals surface area (Å²) in [7, 11) is 1.85. The average Bonchev–Trinajstić information content (AvgIpc) is 2.47. The van der Waals surface area contributed by atoms with Gasteiger partial charge in [-0.2, -0.15) is 0 Å². The van der Waals surface area contributed by atoms with Crippen LogP contribution >= 0.6 is 0 Å². The molecule has 2 unspecified atom stereocenters. The van der Waals surface area contributed by atoms with Crippen molar-refractivity contribution < 1.29 is 9.53 Å². The predicted octanol–water partition coefficient (Wildman–Crippen LogP) is 3.44. The van der Waals surface area contributed by atoms with Gasteiger partial charge in [0.05, 0.1) is 6.04 Å². The van der Waals surface area contributed by atoms with Gasteiger partial charge in [0.1, 0.15) is 6.10 Å². The molecular weight excluding hydrogens is 264 g/mol. The van der Waals surface area contributed by atoms with Crippen molar-refractivity contribution >= 4 is 5.91 Å². The van der Waals surface area contributed by atoms with E-state index >= 15 is 0 Å². The maximum Gasteiger partial charge on any atom is 0.251 e. The highest BCUT2D eigenvalue weighted by Gasteiger charge is 2.28. The largest absolute Gasteiger partial charge is 0.369 e. The number of pyridine rings is 1. The van der Waals surface area contributed by atoms with Gasteiger partial charge in [0, 0.05) is 26.0 Å². The van der Waals surface area contributed by atoms with E-state index in [9.17, 15) is 4.79 Å². The predicted molar refractivity (Wildman–Crippen MR) is 84.9 cm³/mol. The smallest absolute Gasteiger partial charge is 0.251 e. The van der Waals surface area contributed by atoms with Gasteiger partial charge in [0.2, 0.25) is 0 Å². The summed E-state index contributed by atoms with van der Waals surface area (Å²) in [5.41, 5.74) is 1.06. The molecule has 0 fully saturated rings. The lowest BCUT2D eigenvalue weighted by Gasteiger charge is -2.33. The summed E-state index contributed by atoms with van der Waals surface area (Å²) in [6.45, 7) is 8.80. The number of nitrogens with zero attached hydrogens (tertiary/aromatic N) is 2. The zero-order valence-corrected chi connectivity index (χ0v) is 13.9. The lowest BCUT2D eigenvalue weighted by atomic mass is 9.95. The number of ether oxygens (including phenoxy) is 1. The SMILES string of the molecule is CCCCOC(C)C(=O)N(C)C(c1cccnc1)C(C)C. The Hall–Kier alpha value is -1.42. The van der Waals surface area contributed by atoms with Crippen molar-refractivity contribution in [3.63, 3.8) is 0 Å². The fraction of sp³-hybridized carbons (Fsp3) is 0.647. The summed E-state index contributed by atoms with van der Waals surface area (Å²) in [5.74, 6) is 0.333. The van der Waals surface area contributed by atoms with Crippen LogP contribution in [0.3, 0.4) is 0 Å². The van der Waals surface area contributed by atoms with Crippen LogP contribution < -0.4 is 0 Å². The number of hydrogen-bond acceptors (Lipinski definition) is 3. The highest BCUT2D eigenvalue weighted by molar-refractivity contribution is 5.80. The zero-order chi connectivity index (χ0) is 15.8.